The number of hydrogen-bond donors (Lipinski definition) is 1. The quantitative estimate of drug-likeness (QED) is 0.526. The highest BCUT2D eigenvalue weighted by Gasteiger charge is 2.22. The summed E-state index contributed by atoms with van der Waals surface area (Å²) in [4.78, 5) is 11.9. The van der Waals surface area contributed by atoms with E-state index < -0.39 is 0 Å². The minimum Gasteiger partial charge on any atom is -0.376 e. The first-order chi connectivity index (χ1) is 12.7. The molecule has 8 nitrogen and oxygen atoms in total. The molecule has 0 bridgehead atoms. The monoisotopic (exact) mass is 376 g/mol. The van der Waals surface area contributed by atoms with Gasteiger partial charge in [0, 0.05) is 25.0 Å². The van der Waals surface area contributed by atoms with Crippen molar-refractivity contribution in [1.29, 1.82) is 0 Å². The van der Waals surface area contributed by atoms with E-state index in [0.29, 0.717) is 19.6 Å². The lowest BCUT2D eigenvalue weighted by atomic mass is 10.2. The van der Waals surface area contributed by atoms with Gasteiger partial charge in [0.05, 0.1) is 18.4 Å². The number of aryl methyl sites for hydroxylation is 1. The lowest BCUT2D eigenvalue weighted by Crippen LogP contribution is -2.25. The molecule has 3 heterocycles. The van der Waals surface area contributed by atoms with E-state index in [1.54, 1.807) is 12.3 Å². The Labute approximate surface area is 157 Å². The van der Waals surface area contributed by atoms with E-state index in [9.17, 15) is 4.79 Å². The molecule has 2 aromatic heterocycles. The fourth-order valence-corrected chi connectivity index (χ4v) is 3.58. The Balaban J connectivity index is 1.73. The molecule has 1 unspecified atom stereocenters. The van der Waals surface area contributed by atoms with Crippen molar-refractivity contribution in [3.63, 3.8) is 0 Å². The number of ether oxygens (including phenoxy) is 1. The number of thioether (sulfide) groups is 1. The van der Waals surface area contributed by atoms with Crippen molar-refractivity contribution < 1.29 is 9.53 Å². The van der Waals surface area contributed by atoms with Crippen LogP contribution in [-0.4, -0.2) is 55.5 Å². The zero-order valence-corrected chi connectivity index (χ0v) is 15.7. The molecule has 2 aromatic rings. The van der Waals surface area contributed by atoms with Gasteiger partial charge in [0.15, 0.2) is 11.0 Å². The summed E-state index contributed by atoms with van der Waals surface area (Å²) in [6.45, 7) is 8.11. The number of amides is 1. The Morgan fingerprint density at radius 1 is 1.54 bits per heavy atom. The number of carbonyl (C=O) groups is 1. The predicted octanol–water partition coefficient (Wildman–Crippen LogP) is 1.40. The van der Waals surface area contributed by atoms with Crippen LogP contribution in [0.4, 0.5) is 0 Å². The van der Waals surface area contributed by atoms with Crippen LogP contribution in [-0.2, 0) is 22.6 Å². The zero-order chi connectivity index (χ0) is 18.4. The van der Waals surface area contributed by atoms with Crippen molar-refractivity contribution >= 4 is 17.7 Å². The van der Waals surface area contributed by atoms with Crippen LogP contribution in [0.3, 0.4) is 0 Å². The average molecular weight is 376 g/mol. The van der Waals surface area contributed by atoms with Crippen LogP contribution in [0.25, 0.3) is 0 Å². The van der Waals surface area contributed by atoms with E-state index >= 15 is 0 Å². The summed E-state index contributed by atoms with van der Waals surface area (Å²) in [7, 11) is 0. The number of carbonyl (C=O) groups excluding carboxylic acids is 1. The van der Waals surface area contributed by atoms with Crippen molar-refractivity contribution in [2.45, 2.75) is 44.1 Å². The molecule has 0 aliphatic carbocycles. The third-order valence-corrected chi connectivity index (χ3v) is 5.17. The fraction of sp³-hybridized carbons (Fsp3) is 0.529. The molecular weight excluding hydrogens is 352 g/mol. The van der Waals surface area contributed by atoms with Crippen LogP contribution in [0.1, 0.15) is 24.4 Å². The second-order valence-corrected chi connectivity index (χ2v) is 7.10. The maximum atomic E-state index is 11.9. The zero-order valence-electron chi connectivity index (χ0n) is 14.9. The minimum absolute atomic E-state index is 0.0500. The molecule has 1 amide bonds. The molecule has 140 valence electrons. The summed E-state index contributed by atoms with van der Waals surface area (Å²) in [5.41, 5.74) is 1.06. The molecule has 0 radical (unpaired) electrons. The van der Waals surface area contributed by atoms with Crippen molar-refractivity contribution in [2.75, 3.05) is 18.9 Å². The molecular formula is C17H24N6O2S. The van der Waals surface area contributed by atoms with E-state index in [1.807, 2.05) is 17.7 Å². The van der Waals surface area contributed by atoms with E-state index in [0.717, 1.165) is 36.1 Å². The van der Waals surface area contributed by atoms with E-state index in [1.165, 1.54) is 11.8 Å². The second kappa shape index (κ2) is 9.00. The Kier molecular flexibility index (Phi) is 6.45. The van der Waals surface area contributed by atoms with Crippen LogP contribution in [0.2, 0.25) is 0 Å². The molecule has 0 spiro atoms. The Bertz CT molecular complexity index is 750. The lowest BCUT2D eigenvalue weighted by Gasteiger charge is -2.15. The highest BCUT2D eigenvalue weighted by molar-refractivity contribution is 7.99. The maximum absolute atomic E-state index is 11.9. The van der Waals surface area contributed by atoms with Crippen LogP contribution >= 0.6 is 11.8 Å². The van der Waals surface area contributed by atoms with Crippen LogP contribution in [0.5, 0.6) is 0 Å². The van der Waals surface area contributed by atoms with Crippen molar-refractivity contribution in [2.24, 2.45) is 0 Å². The van der Waals surface area contributed by atoms with Gasteiger partial charge in [-0.15, -0.1) is 16.8 Å². The van der Waals surface area contributed by atoms with Gasteiger partial charge in [-0.05, 0) is 25.8 Å². The smallest absolute Gasteiger partial charge is 0.230 e. The predicted molar refractivity (Wildman–Crippen MR) is 99.0 cm³/mol. The molecule has 9 heteroatoms. The molecule has 1 atom stereocenters. The van der Waals surface area contributed by atoms with Gasteiger partial charge >= 0.3 is 0 Å². The number of nitrogens with one attached hydrogen (secondary N) is 1. The Morgan fingerprint density at radius 2 is 2.42 bits per heavy atom. The number of aromatic nitrogens is 5. The van der Waals surface area contributed by atoms with Crippen LogP contribution in [0, 0.1) is 6.92 Å². The normalized spacial score (nSPS) is 16.7. The molecule has 3 rings (SSSR count). The third kappa shape index (κ3) is 4.73. The number of nitrogens with zero attached hydrogens (tertiary/aromatic N) is 5. The highest BCUT2D eigenvalue weighted by atomic mass is 32.2. The molecule has 0 saturated carbocycles. The van der Waals surface area contributed by atoms with Gasteiger partial charge < -0.3 is 14.6 Å². The first-order valence-electron chi connectivity index (χ1n) is 8.70. The first-order valence-corrected chi connectivity index (χ1v) is 9.68. The summed E-state index contributed by atoms with van der Waals surface area (Å²) in [6.07, 6.45) is 5.70. The standard InChI is InChI=1S/C17H24N6O2S/c1-3-7-18-16(24)12-26-17-21-20-15(11-23-13(2)6-8-19-23)22(17)10-14-5-4-9-25-14/h3,6,8,14H,1,4-5,7,9-12H2,2H3,(H,18,24). The van der Waals surface area contributed by atoms with Crippen molar-refractivity contribution in [3.05, 3.63) is 36.4 Å². The average Bonchev–Trinajstić information content (AvgIpc) is 3.36. The molecule has 1 aliphatic rings. The summed E-state index contributed by atoms with van der Waals surface area (Å²) in [5.74, 6) is 1.06. The summed E-state index contributed by atoms with van der Waals surface area (Å²) in [5, 5.41) is 16.5. The Hall–Kier alpha value is -2.13. The van der Waals surface area contributed by atoms with E-state index in [4.69, 9.17) is 4.74 Å². The van der Waals surface area contributed by atoms with Crippen molar-refractivity contribution in [3.8, 4) is 0 Å². The molecule has 0 aromatic carbocycles. The summed E-state index contributed by atoms with van der Waals surface area (Å²) in [6, 6.07) is 1.96. The van der Waals surface area contributed by atoms with Crippen LogP contribution in [0.15, 0.2) is 30.1 Å². The third-order valence-electron chi connectivity index (χ3n) is 4.20. The SMILES string of the molecule is C=CCNC(=O)CSc1nnc(Cn2nccc2C)n1CC1CCCO1. The Morgan fingerprint density at radius 3 is 3.12 bits per heavy atom. The lowest BCUT2D eigenvalue weighted by molar-refractivity contribution is -0.118. The number of hydrogen-bond acceptors (Lipinski definition) is 6. The molecule has 1 aliphatic heterocycles. The first kappa shape index (κ1) is 18.7. The van der Waals surface area contributed by atoms with Crippen LogP contribution < -0.4 is 5.32 Å². The number of rotatable bonds is 9. The fourth-order valence-electron chi connectivity index (χ4n) is 2.78. The summed E-state index contributed by atoms with van der Waals surface area (Å²) < 4.78 is 9.72. The van der Waals surface area contributed by atoms with Gasteiger partial charge in [0.25, 0.3) is 0 Å². The largest absolute Gasteiger partial charge is 0.376 e. The topological polar surface area (TPSA) is 86.9 Å². The molecule has 1 saturated heterocycles. The van der Waals surface area contributed by atoms with Crippen molar-refractivity contribution in [1.82, 2.24) is 29.9 Å². The maximum Gasteiger partial charge on any atom is 0.230 e. The van der Waals surface area contributed by atoms with E-state index in [2.05, 4.69) is 31.8 Å². The van der Waals surface area contributed by atoms with Gasteiger partial charge in [-0.1, -0.05) is 17.8 Å². The second-order valence-electron chi connectivity index (χ2n) is 6.16. The summed E-state index contributed by atoms with van der Waals surface area (Å²) >= 11 is 1.38. The van der Waals surface area contributed by atoms with Gasteiger partial charge in [0.1, 0.15) is 6.54 Å². The highest BCUT2D eigenvalue weighted by Crippen LogP contribution is 2.22. The minimum atomic E-state index is -0.0500. The van der Waals surface area contributed by atoms with Gasteiger partial charge in [-0.25, -0.2) is 0 Å². The van der Waals surface area contributed by atoms with E-state index in [-0.39, 0.29) is 17.8 Å². The molecule has 26 heavy (non-hydrogen) atoms. The van der Waals surface area contributed by atoms with Gasteiger partial charge in [-0.2, -0.15) is 5.10 Å². The molecule has 1 fully saturated rings. The van der Waals surface area contributed by atoms with Gasteiger partial charge in [-0.3, -0.25) is 9.48 Å². The van der Waals surface area contributed by atoms with Gasteiger partial charge in [0.2, 0.25) is 5.91 Å². The molecule has 1 N–H and O–H groups in total.